The predicted octanol–water partition coefficient (Wildman–Crippen LogP) is 2.51. The van der Waals surface area contributed by atoms with Crippen molar-refractivity contribution >= 4 is 0 Å². The maximum atomic E-state index is 9.34. The minimum absolute atomic E-state index is 0.303. The van der Waals surface area contributed by atoms with Gasteiger partial charge in [0.1, 0.15) is 18.1 Å². The molecule has 0 saturated heterocycles. The Bertz CT molecular complexity index is 345. The third-order valence-electron chi connectivity index (χ3n) is 2.72. The van der Waals surface area contributed by atoms with E-state index in [1.807, 2.05) is 13.0 Å². The second-order valence-electron chi connectivity index (χ2n) is 4.32. The van der Waals surface area contributed by atoms with Gasteiger partial charge in [-0.2, -0.15) is 0 Å². The van der Waals surface area contributed by atoms with Crippen LogP contribution in [-0.4, -0.2) is 24.9 Å². The van der Waals surface area contributed by atoms with E-state index in [0.717, 1.165) is 23.8 Å². The molecule has 0 amide bonds. The first-order valence-corrected chi connectivity index (χ1v) is 5.76. The number of ether oxygens (including phenoxy) is 2. The van der Waals surface area contributed by atoms with Crippen molar-refractivity contribution in [3.8, 4) is 11.5 Å². The number of phenolic OH excluding ortho intramolecular Hbond substituents is 1. The van der Waals surface area contributed by atoms with Gasteiger partial charge in [-0.1, -0.05) is 0 Å². The Balaban J connectivity index is 1.65. The Morgan fingerprint density at radius 2 is 2.12 bits per heavy atom. The second kappa shape index (κ2) is 5.21. The monoisotopic (exact) mass is 222 g/mol. The van der Waals surface area contributed by atoms with Gasteiger partial charge in [-0.3, -0.25) is 0 Å². The molecular weight excluding hydrogens is 204 g/mol. The van der Waals surface area contributed by atoms with Crippen LogP contribution in [0.5, 0.6) is 11.5 Å². The van der Waals surface area contributed by atoms with Crippen molar-refractivity contribution in [1.82, 2.24) is 0 Å². The molecule has 3 heteroatoms. The molecule has 0 aromatic heterocycles. The van der Waals surface area contributed by atoms with Crippen molar-refractivity contribution in [1.29, 1.82) is 0 Å². The van der Waals surface area contributed by atoms with Gasteiger partial charge in [0.25, 0.3) is 0 Å². The van der Waals surface area contributed by atoms with Gasteiger partial charge in [-0.15, -0.1) is 0 Å². The highest BCUT2D eigenvalue weighted by Crippen LogP contribution is 2.28. The first kappa shape index (κ1) is 11.3. The minimum Gasteiger partial charge on any atom is -0.508 e. The van der Waals surface area contributed by atoms with Crippen LogP contribution in [0.2, 0.25) is 0 Å². The Morgan fingerprint density at radius 1 is 1.31 bits per heavy atom. The van der Waals surface area contributed by atoms with E-state index >= 15 is 0 Å². The smallest absolute Gasteiger partial charge is 0.119 e. The van der Waals surface area contributed by atoms with Gasteiger partial charge in [0.2, 0.25) is 0 Å². The van der Waals surface area contributed by atoms with Crippen LogP contribution in [0.1, 0.15) is 18.4 Å². The summed E-state index contributed by atoms with van der Waals surface area (Å²) < 4.78 is 11.0. The second-order valence-corrected chi connectivity index (χ2v) is 4.32. The van der Waals surface area contributed by atoms with Crippen LogP contribution in [0, 0.1) is 12.8 Å². The number of hydrogen-bond acceptors (Lipinski definition) is 3. The SMILES string of the molecule is Cc1cc(OCCOCC2CC2)ccc1O. The summed E-state index contributed by atoms with van der Waals surface area (Å²) >= 11 is 0. The van der Waals surface area contributed by atoms with Crippen molar-refractivity contribution in [2.45, 2.75) is 19.8 Å². The van der Waals surface area contributed by atoms with Crippen molar-refractivity contribution in [2.75, 3.05) is 19.8 Å². The third kappa shape index (κ3) is 3.42. The van der Waals surface area contributed by atoms with Crippen LogP contribution in [-0.2, 0) is 4.74 Å². The molecule has 2 rings (SSSR count). The van der Waals surface area contributed by atoms with E-state index in [9.17, 15) is 5.11 Å². The largest absolute Gasteiger partial charge is 0.508 e. The molecule has 1 N–H and O–H groups in total. The molecule has 0 aliphatic heterocycles. The highest BCUT2D eigenvalue weighted by atomic mass is 16.5. The minimum atomic E-state index is 0.303. The zero-order valence-corrected chi connectivity index (χ0v) is 9.61. The molecule has 1 saturated carbocycles. The molecule has 0 heterocycles. The normalized spacial score (nSPS) is 15.1. The van der Waals surface area contributed by atoms with Gasteiger partial charge in [0.05, 0.1) is 6.61 Å². The van der Waals surface area contributed by atoms with E-state index in [4.69, 9.17) is 9.47 Å². The lowest BCUT2D eigenvalue weighted by Gasteiger charge is -2.08. The van der Waals surface area contributed by atoms with Gasteiger partial charge in [0.15, 0.2) is 0 Å². The lowest BCUT2D eigenvalue weighted by Crippen LogP contribution is -2.08. The van der Waals surface area contributed by atoms with E-state index in [0.29, 0.717) is 19.0 Å². The first-order valence-electron chi connectivity index (χ1n) is 5.76. The molecule has 0 bridgehead atoms. The number of aromatic hydroxyl groups is 1. The fourth-order valence-corrected chi connectivity index (χ4v) is 1.47. The van der Waals surface area contributed by atoms with Crippen LogP contribution < -0.4 is 4.74 Å². The molecule has 0 unspecified atom stereocenters. The standard InChI is InChI=1S/C13H18O3/c1-10-8-12(4-5-13(10)14)16-7-6-15-9-11-2-3-11/h4-5,8,11,14H,2-3,6-7,9H2,1H3. The van der Waals surface area contributed by atoms with E-state index < -0.39 is 0 Å². The summed E-state index contributed by atoms with van der Waals surface area (Å²) in [5, 5.41) is 9.34. The maximum Gasteiger partial charge on any atom is 0.119 e. The van der Waals surface area contributed by atoms with Gasteiger partial charge < -0.3 is 14.6 Å². The zero-order valence-electron chi connectivity index (χ0n) is 9.61. The summed E-state index contributed by atoms with van der Waals surface area (Å²) in [5.41, 5.74) is 0.830. The summed E-state index contributed by atoms with van der Waals surface area (Å²) in [6.45, 7) is 3.93. The quantitative estimate of drug-likeness (QED) is 0.752. The number of aryl methyl sites for hydroxylation is 1. The molecule has 1 aromatic carbocycles. The molecule has 0 atom stereocenters. The Kier molecular flexibility index (Phi) is 3.67. The molecule has 0 radical (unpaired) electrons. The molecular formula is C13H18O3. The van der Waals surface area contributed by atoms with E-state index in [1.165, 1.54) is 12.8 Å². The highest BCUT2D eigenvalue weighted by Gasteiger charge is 2.20. The van der Waals surface area contributed by atoms with Gasteiger partial charge in [-0.25, -0.2) is 0 Å². The van der Waals surface area contributed by atoms with Crippen LogP contribution in [0.25, 0.3) is 0 Å². The van der Waals surface area contributed by atoms with E-state index in [1.54, 1.807) is 12.1 Å². The zero-order chi connectivity index (χ0) is 11.4. The number of phenols is 1. The molecule has 1 aliphatic carbocycles. The summed E-state index contributed by atoms with van der Waals surface area (Å²) in [6.07, 6.45) is 2.63. The topological polar surface area (TPSA) is 38.7 Å². The summed E-state index contributed by atoms with van der Waals surface area (Å²) in [7, 11) is 0. The van der Waals surface area contributed by atoms with Crippen molar-refractivity contribution < 1.29 is 14.6 Å². The summed E-state index contributed by atoms with van der Waals surface area (Å²) in [5.74, 6) is 1.89. The third-order valence-corrected chi connectivity index (χ3v) is 2.72. The first-order chi connectivity index (χ1) is 7.75. The lowest BCUT2D eigenvalue weighted by molar-refractivity contribution is 0.0927. The Labute approximate surface area is 96.0 Å². The lowest BCUT2D eigenvalue weighted by atomic mass is 10.2. The van der Waals surface area contributed by atoms with E-state index in [2.05, 4.69) is 0 Å². The van der Waals surface area contributed by atoms with Crippen molar-refractivity contribution in [2.24, 2.45) is 5.92 Å². The van der Waals surface area contributed by atoms with Crippen LogP contribution in [0.4, 0.5) is 0 Å². The van der Waals surface area contributed by atoms with Crippen molar-refractivity contribution in [3.05, 3.63) is 23.8 Å². The molecule has 1 aliphatic rings. The number of benzene rings is 1. The summed E-state index contributed by atoms with van der Waals surface area (Å²) in [6, 6.07) is 5.25. The van der Waals surface area contributed by atoms with Crippen LogP contribution in [0.15, 0.2) is 18.2 Å². The molecule has 88 valence electrons. The number of hydrogen-bond donors (Lipinski definition) is 1. The molecule has 1 aromatic rings. The summed E-state index contributed by atoms with van der Waals surface area (Å²) in [4.78, 5) is 0. The average molecular weight is 222 g/mol. The average Bonchev–Trinajstić information content (AvgIpc) is 3.07. The molecule has 1 fully saturated rings. The van der Waals surface area contributed by atoms with Gasteiger partial charge in [0, 0.05) is 6.61 Å². The maximum absolute atomic E-state index is 9.34. The fourth-order valence-electron chi connectivity index (χ4n) is 1.47. The highest BCUT2D eigenvalue weighted by molar-refractivity contribution is 5.38. The van der Waals surface area contributed by atoms with E-state index in [-0.39, 0.29) is 0 Å². The van der Waals surface area contributed by atoms with Crippen LogP contribution >= 0.6 is 0 Å². The fraction of sp³-hybridized carbons (Fsp3) is 0.538. The molecule has 3 nitrogen and oxygen atoms in total. The Morgan fingerprint density at radius 3 is 2.81 bits per heavy atom. The van der Waals surface area contributed by atoms with Crippen LogP contribution in [0.3, 0.4) is 0 Å². The van der Waals surface area contributed by atoms with Crippen molar-refractivity contribution in [3.63, 3.8) is 0 Å². The predicted molar refractivity (Wildman–Crippen MR) is 61.9 cm³/mol. The van der Waals surface area contributed by atoms with Gasteiger partial charge >= 0.3 is 0 Å². The Hall–Kier alpha value is -1.22. The molecule has 16 heavy (non-hydrogen) atoms. The van der Waals surface area contributed by atoms with Gasteiger partial charge in [-0.05, 0) is 49.4 Å². The molecule has 0 spiro atoms. The number of rotatable bonds is 6.